The zero-order valence-electron chi connectivity index (χ0n) is 18.7. The average Bonchev–Trinajstić information content (AvgIpc) is 3.09. The Bertz CT molecular complexity index is 748. The van der Waals surface area contributed by atoms with Gasteiger partial charge in [-0.1, -0.05) is 0 Å². The molecular weight excluding hydrogens is 456 g/mol. The number of amides is 3. The zero-order valence-corrected chi connectivity index (χ0v) is 18.7. The average molecular weight is 486 g/mol. The number of hydrogen-bond acceptors (Lipinski definition) is 9. The fraction of sp³-hybridized carbons (Fsp3) is 0.619. The number of aliphatic carboxylic acids is 2. The van der Waals surface area contributed by atoms with Crippen LogP contribution in [-0.2, 0) is 43.0 Å². The number of carbonyl (C=O) groups is 6. The number of Topliss-reactive ketones (excluding diaryl/α,β-unsaturated/α-hetero) is 1. The summed E-state index contributed by atoms with van der Waals surface area (Å²) in [6.45, 7) is 1.23. The molecule has 0 fully saturated rings. The molecule has 34 heavy (non-hydrogen) atoms. The van der Waals surface area contributed by atoms with Crippen LogP contribution >= 0.6 is 0 Å². The van der Waals surface area contributed by atoms with E-state index in [2.05, 4.69) is 5.32 Å². The molecular formula is C21H30N2O11. The van der Waals surface area contributed by atoms with Gasteiger partial charge in [0.05, 0.1) is 45.6 Å². The second-order valence-electron chi connectivity index (χ2n) is 7.24. The summed E-state index contributed by atoms with van der Waals surface area (Å²) in [6, 6.07) is 0. The van der Waals surface area contributed by atoms with E-state index in [1.165, 1.54) is 0 Å². The van der Waals surface area contributed by atoms with E-state index in [-0.39, 0.29) is 84.2 Å². The van der Waals surface area contributed by atoms with Gasteiger partial charge in [-0.25, -0.2) is 0 Å². The van der Waals surface area contributed by atoms with Gasteiger partial charge in [0.1, 0.15) is 12.3 Å². The molecule has 1 rings (SSSR count). The SMILES string of the molecule is O=C(O)CCC(CC(=O)CCOCCOCCOCCNC(=O)CN1C(=O)C=CC1=O)C(=O)O. The third-order valence-electron chi connectivity index (χ3n) is 4.57. The van der Waals surface area contributed by atoms with Gasteiger partial charge in [-0.3, -0.25) is 33.7 Å². The fourth-order valence-corrected chi connectivity index (χ4v) is 2.76. The van der Waals surface area contributed by atoms with Crippen molar-refractivity contribution in [2.24, 2.45) is 5.92 Å². The highest BCUT2D eigenvalue weighted by atomic mass is 16.5. The van der Waals surface area contributed by atoms with Crippen LogP contribution in [0.2, 0.25) is 0 Å². The van der Waals surface area contributed by atoms with E-state index in [4.69, 9.17) is 24.4 Å². The molecule has 1 aliphatic heterocycles. The highest BCUT2D eigenvalue weighted by molar-refractivity contribution is 6.14. The van der Waals surface area contributed by atoms with Crippen molar-refractivity contribution in [2.75, 3.05) is 52.7 Å². The van der Waals surface area contributed by atoms with Crippen molar-refractivity contribution >= 4 is 35.4 Å². The maximum Gasteiger partial charge on any atom is 0.306 e. The van der Waals surface area contributed by atoms with Gasteiger partial charge in [-0.2, -0.15) is 0 Å². The molecule has 1 unspecified atom stereocenters. The molecule has 0 saturated heterocycles. The second kappa shape index (κ2) is 16.5. The number of imide groups is 1. The van der Waals surface area contributed by atoms with Gasteiger partial charge >= 0.3 is 11.9 Å². The predicted octanol–water partition coefficient (Wildman–Crippen LogP) is -1.01. The van der Waals surface area contributed by atoms with Crippen LogP contribution < -0.4 is 5.32 Å². The Morgan fingerprint density at radius 2 is 1.41 bits per heavy atom. The Kier molecular flexibility index (Phi) is 14.0. The molecule has 0 aromatic heterocycles. The number of nitrogens with zero attached hydrogens (tertiary/aromatic N) is 1. The molecule has 0 aromatic carbocycles. The molecule has 3 N–H and O–H groups in total. The van der Waals surface area contributed by atoms with Gasteiger partial charge in [0.15, 0.2) is 0 Å². The first kappa shape index (κ1) is 28.9. The van der Waals surface area contributed by atoms with Gasteiger partial charge in [-0.05, 0) is 6.42 Å². The first-order chi connectivity index (χ1) is 16.2. The number of rotatable bonds is 20. The number of hydrogen-bond donors (Lipinski definition) is 3. The first-order valence-corrected chi connectivity index (χ1v) is 10.7. The number of carboxylic acids is 2. The largest absolute Gasteiger partial charge is 0.481 e. The Balaban J connectivity index is 1.93. The van der Waals surface area contributed by atoms with E-state index in [0.29, 0.717) is 0 Å². The second-order valence-corrected chi connectivity index (χ2v) is 7.24. The molecule has 0 bridgehead atoms. The summed E-state index contributed by atoms with van der Waals surface area (Å²) in [5.74, 6) is -5.15. The van der Waals surface area contributed by atoms with E-state index >= 15 is 0 Å². The predicted molar refractivity (Wildman–Crippen MR) is 114 cm³/mol. The molecule has 0 spiro atoms. The minimum atomic E-state index is -1.19. The number of nitrogens with one attached hydrogen (secondary N) is 1. The minimum absolute atomic E-state index is 0.0300. The zero-order chi connectivity index (χ0) is 25.3. The third kappa shape index (κ3) is 12.8. The van der Waals surface area contributed by atoms with Crippen LogP contribution in [0.5, 0.6) is 0 Å². The van der Waals surface area contributed by atoms with Gasteiger partial charge in [0.25, 0.3) is 11.8 Å². The molecule has 13 heteroatoms. The number of carbonyl (C=O) groups excluding carboxylic acids is 4. The van der Waals surface area contributed by atoms with E-state index in [9.17, 15) is 28.8 Å². The fourth-order valence-electron chi connectivity index (χ4n) is 2.76. The van der Waals surface area contributed by atoms with E-state index in [1.807, 2.05) is 0 Å². The van der Waals surface area contributed by atoms with Crippen LogP contribution in [0.1, 0.15) is 25.7 Å². The molecule has 13 nitrogen and oxygen atoms in total. The normalized spacial score (nSPS) is 13.8. The van der Waals surface area contributed by atoms with E-state index in [0.717, 1.165) is 17.1 Å². The molecule has 0 radical (unpaired) electrons. The molecule has 3 amide bonds. The molecule has 1 aliphatic rings. The van der Waals surface area contributed by atoms with Crippen LogP contribution in [0.4, 0.5) is 0 Å². The molecule has 1 atom stereocenters. The lowest BCUT2D eigenvalue weighted by molar-refractivity contribution is -0.145. The molecule has 190 valence electrons. The Labute approximate surface area is 196 Å². The lowest BCUT2D eigenvalue weighted by Crippen LogP contribution is -2.41. The van der Waals surface area contributed by atoms with E-state index < -0.39 is 35.6 Å². The van der Waals surface area contributed by atoms with Crippen molar-refractivity contribution in [1.82, 2.24) is 10.2 Å². The Morgan fingerprint density at radius 1 is 0.853 bits per heavy atom. The minimum Gasteiger partial charge on any atom is -0.481 e. The third-order valence-corrected chi connectivity index (χ3v) is 4.57. The topological polar surface area (TPSA) is 186 Å². The standard InChI is InChI=1S/C21H30N2O11/c24-16(13-15(21(30)31)1-4-20(28)29)5-7-32-9-11-34-12-10-33-8-6-22-17(25)14-23-18(26)2-3-19(23)27/h2-3,15H,1,4-14H2,(H,22,25)(H,28,29)(H,30,31). The van der Waals surface area contributed by atoms with Crippen molar-refractivity contribution in [2.45, 2.75) is 25.7 Å². The number of ether oxygens (including phenoxy) is 3. The summed E-state index contributed by atoms with van der Waals surface area (Å²) in [6.07, 6.45) is 1.60. The summed E-state index contributed by atoms with van der Waals surface area (Å²) in [5, 5.41) is 20.2. The summed E-state index contributed by atoms with van der Waals surface area (Å²) >= 11 is 0. The van der Waals surface area contributed by atoms with Crippen molar-refractivity contribution in [1.29, 1.82) is 0 Å². The van der Waals surface area contributed by atoms with Gasteiger partial charge in [0, 0.05) is 38.0 Å². The van der Waals surface area contributed by atoms with Crippen molar-refractivity contribution in [3.63, 3.8) is 0 Å². The van der Waals surface area contributed by atoms with Crippen LogP contribution in [-0.4, -0.2) is 103 Å². The van der Waals surface area contributed by atoms with Crippen molar-refractivity contribution in [3.8, 4) is 0 Å². The summed E-state index contributed by atoms with van der Waals surface area (Å²) in [5.41, 5.74) is 0. The number of ketones is 1. The maximum absolute atomic E-state index is 11.8. The number of carboxylic acid groups (broad SMARTS) is 2. The highest BCUT2D eigenvalue weighted by Crippen LogP contribution is 2.13. The van der Waals surface area contributed by atoms with Gasteiger partial charge < -0.3 is 29.7 Å². The Morgan fingerprint density at radius 3 is 1.97 bits per heavy atom. The quantitative estimate of drug-likeness (QED) is 0.141. The molecule has 0 saturated carbocycles. The smallest absolute Gasteiger partial charge is 0.306 e. The summed E-state index contributed by atoms with van der Waals surface area (Å²) in [7, 11) is 0. The molecule has 1 heterocycles. The van der Waals surface area contributed by atoms with Crippen molar-refractivity contribution in [3.05, 3.63) is 12.2 Å². The lowest BCUT2D eigenvalue weighted by Gasteiger charge is -2.13. The van der Waals surface area contributed by atoms with Crippen molar-refractivity contribution < 1.29 is 53.2 Å². The van der Waals surface area contributed by atoms with Crippen LogP contribution in [0.25, 0.3) is 0 Å². The molecule has 0 aliphatic carbocycles. The van der Waals surface area contributed by atoms with Crippen LogP contribution in [0, 0.1) is 5.92 Å². The lowest BCUT2D eigenvalue weighted by atomic mass is 9.96. The first-order valence-electron chi connectivity index (χ1n) is 10.7. The maximum atomic E-state index is 11.8. The Hall–Kier alpha value is -3.16. The summed E-state index contributed by atoms with van der Waals surface area (Å²) < 4.78 is 15.8. The monoisotopic (exact) mass is 486 g/mol. The van der Waals surface area contributed by atoms with E-state index in [1.54, 1.807) is 0 Å². The summed E-state index contributed by atoms with van der Waals surface area (Å²) in [4.78, 5) is 68.6. The van der Waals surface area contributed by atoms with Crippen LogP contribution in [0.15, 0.2) is 12.2 Å². The van der Waals surface area contributed by atoms with Gasteiger partial charge in [0.2, 0.25) is 5.91 Å². The highest BCUT2D eigenvalue weighted by Gasteiger charge is 2.25. The van der Waals surface area contributed by atoms with Crippen LogP contribution in [0.3, 0.4) is 0 Å². The van der Waals surface area contributed by atoms with Gasteiger partial charge in [-0.15, -0.1) is 0 Å². The molecule has 0 aromatic rings.